The highest BCUT2D eigenvalue weighted by atomic mass is 16.5. The summed E-state index contributed by atoms with van der Waals surface area (Å²) < 4.78 is 5.55. The van der Waals surface area contributed by atoms with Gasteiger partial charge in [0.2, 0.25) is 0 Å². The fourth-order valence-electron chi connectivity index (χ4n) is 3.60. The second kappa shape index (κ2) is 9.32. The maximum atomic E-state index is 6.29. The molecule has 1 atom stereocenters. The lowest BCUT2D eigenvalue weighted by atomic mass is 9.89. The van der Waals surface area contributed by atoms with Gasteiger partial charge in [0.25, 0.3) is 0 Å². The van der Waals surface area contributed by atoms with Gasteiger partial charge < -0.3 is 21.6 Å². The fraction of sp³-hybridized carbons (Fsp3) is 0.381. The van der Waals surface area contributed by atoms with E-state index in [1.807, 2.05) is 43.5 Å². The van der Waals surface area contributed by atoms with Crippen LogP contribution >= 0.6 is 0 Å². The van der Waals surface area contributed by atoms with E-state index in [1.165, 1.54) is 0 Å². The van der Waals surface area contributed by atoms with Crippen molar-refractivity contribution < 1.29 is 4.74 Å². The molecule has 0 aliphatic carbocycles. The first kappa shape index (κ1) is 19.8. The molecule has 1 aromatic heterocycles. The lowest BCUT2D eigenvalue weighted by molar-refractivity contribution is 0.0601. The van der Waals surface area contributed by atoms with Crippen molar-refractivity contribution in [2.24, 2.45) is 21.9 Å². The molecule has 0 saturated carbocycles. The van der Waals surface area contributed by atoms with Gasteiger partial charge in [-0.3, -0.25) is 9.98 Å². The first-order chi connectivity index (χ1) is 13.6. The molecule has 1 fully saturated rings. The highest BCUT2D eigenvalue weighted by molar-refractivity contribution is 6.47. The van der Waals surface area contributed by atoms with Crippen molar-refractivity contribution in [2.75, 3.05) is 31.3 Å². The molecule has 1 saturated heterocycles. The van der Waals surface area contributed by atoms with Crippen LogP contribution in [-0.2, 0) is 4.74 Å². The quantitative estimate of drug-likeness (QED) is 0.309. The molecule has 0 bridgehead atoms. The summed E-state index contributed by atoms with van der Waals surface area (Å²) in [5, 5.41) is 7.42. The standard InChI is InChI=1S/C21H28N6O/c1-14(27-23)20(24-2)16-6-7-17(22)19(13-16)26-21(15-8-11-28-12-9-15)18-5-3-4-10-25-18/h3-7,10,13,15,21,26H,8-9,11-12,22-23H2,1-2H3. The molecule has 28 heavy (non-hydrogen) atoms. The van der Waals surface area contributed by atoms with Crippen LogP contribution in [-0.4, -0.2) is 36.7 Å². The number of anilines is 2. The molecule has 1 aliphatic heterocycles. The van der Waals surface area contributed by atoms with Gasteiger partial charge in [-0.05, 0) is 49.9 Å². The molecule has 0 amide bonds. The molecule has 1 unspecified atom stereocenters. The molecule has 1 aromatic carbocycles. The zero-order valence-corrected chi connectivity index (χ0v) is 16.4. The number of benzene rings is 1. The van der Waals surface area contributed by atoms with Gasteiger partial charge in [-0.2, -0.15) is 5.10 Å². The number of hydrogen-bond donors (Lipinski definition) is 3. The number of pyridine rings is 1. The number of nitrogen functional groups attached to an aromatic ring is 1. The van der Waals surface area contributed by atoms with E-state index in [4.69, 9.17) is 16.3 Å². The number of aliphatic imine (C=N–C) groups is 1. The van der Waals surface area contributed by atoms with Crippen LogP contribution in [0.2, 0.25) is 0 Å². The first-order valence-corrected chi connectivity index (χ1v) is 9.50. The third kappa shape index (κ3) is 4.48. The van der Waals surface area contributed by atoms with E-state index < -0.39 is 0 Å². The van der Waals surface area contributed by atoms with E-state index in [9.17, 15) is 0 Å². The minimum Gasteiger partial charge on any atom is -0.397 e. The Balaban J connectivity index is 1.95. The van der Waals surface area contributed by atoms with Gasteiger partial charge in [-0.1, -0.05) is 12.1 Å². The summed E-state index contributed by atoms with van der Waals surface area (Å²) >= 11 is 0. The molecule has 1 aliphatic rings. The topological polar surface area (TPSA) is 111 Å². The summed E-state index contributed by atoms with van der Waals surface area (Å²) in [4.78, 5) is 8.93. The number of nitrogens with two attached hydrogens (primary N) is 2. The van der Waals surface area contributed by atoms with Gasteiger partial charge in [-0.25, -0.2) is 0 Å². The Kier molecular flexibility index (Phi) is 6.60. The predicted octanol–water partition coefficient (Wildman–Crippen LogP) is 3.00. The Morgan fingerprint density at radius 1 is 1.25 bits per heavy atom. The number of ether oxygens (including phenoxy) is 1. The molecular weight excluding hydrogens is 352 g/mol. The third-order valence-electron chi connectivity index (χ3n) is 5.14. The van der Waals surface area contributed by atoms with Crippen molar-refractivity contribution in [1.82, 2.24) is 4.98 Å². The summed E-state index contributed by atoms with van der Waals surface area (Å²) in [5.74, 6) is 5.87. The fourth-order valence-corrected chi connectivity index (χ4v) is 3.60. The zero-order chi connectivity index (χ0) is 19.9. The number of aromatic nitrogens is 1. The van der Waals surface area contributed by atoms with Crippen LogP contribution in [0.4, 0.5) is 11.4 Å². The molecule has 5 N–H and O–H groups in total. The summed E-state index contributed by atoms with van der Waals surface area (Å²) in [6.07, 6.45) is 3.79. The molecule has 7 nitrogen and oxygen atoms in total. The molecule has 0 radical (unpaired) electrons. The number of hydrazone groups is 1. The van der Waals surface area contributed by atoms with Gasteiger partial charge in [0.05, 0.1) is 34.5 Å². The van der Waals surface area contributed by atoms with Crippen molar-refractivity contribution in [2.45, 2.75) is 25.8 Å². The SMILES string of the molecule is CN=C(C(C)=NN)c1ccc(N)c(NC(c2ccccn2)C2CCOCC2)c1. The van der Waals surface area contributed by atoms with Crippen LogP contribution in [0.1, 0.15) is 37.1 Å². The third-order valence-corrected chi connectivity index (χ3v) is 5.14. The van der Waals surface area contributed by atoms with E-state index >= 15 is 0 Å². The van der Waals surface area contributed by atoms with E-state index in [2.05, 4.69) is 26.5 Å². The second-order valence-corrected chi connectivity index (χ2v) is 6.92. The predicted molar refractivity (Wildman–Crippen MR) is 115 cm³/mol. The molecule has 2 aromatic rings. The maximum absolute atomic E-state index is 6.29. The normalized spacial score (nSPS) is 17.4. The average molecular weight is 380 g/mol. The van der Waals surface area contributed by atoms with Crippen LogP contribution in [0, 0.1) is 5.92 Å². The average Bonchev–Trinajstić information content (AvgIpc) is 2.75. The molecule has 3 rings (SSSR count). The monoisotopic (exact) mass is 380 g/mol. The lowest BCUT2D eigenvalue weighted by Crippen LogP contribution is -2.28. The van der Waals surface area contributed by atoms with Gasteiger partial charge in [-0.15, -0.1) is 0 Å². The van der Waals surface area contributed by atoms with E-state index in [0.717, 1.165) is 48.7 Å². The van der Waals surface area contributed by atoms with Crippen molar-refractivity contribution in [3.63, 3.8) is 0 Å². The Labute approximate surface area is 165 Å². The summed E-state index contributed by atoms with van der Waals surface area (Å²) in [6, 6.07) is 11.9. The highest BCUT2D eigenvalue weighted by Gasteiger charge is 2.27. The van der Waals surface area contributed by atoms with E-state index in [0.29, 0.717) is 17.3 Å². The van der Waals surface area contributed by atoms with Crippen LogP contribution in [0.3, 0.4) is 0 Å². The van der Waals surface area contributed by atoms with E-state index in [-0.39, 0.29) is 6.04 Å². The van der Waals surface area contributed by atoms with Gasteiger partial charge in [0.1, 0.15) is 0 Å². The Morgan fingerprint density at radius 3 is 2.68 bits per heavy atom. The summed E-state index contributed by atoms with van der Waals surface area (Å²) in [5.41, 5.74) is 11.2. The Morgan fingerprint density at radius 2 is 2.04 bits per heavy atom. The number of rotatable bonds is 6. The molecule has 0 spiro atoms. The van der Waals surface area contributed by atoms with Crippen LogP contribution in [0.25, 0.3) is 0 Å². The Bertz CT molecular complexity index is 843. The molecular formula is C21H28N6O. The highest BCUT2D eigenvalue weighted by Crippen LogP contribution is 2.34. The summed E-state index contributed by atoms with van der Waals surface area (Å²) in [6.45, 7) is 3.37. The van der Waals surface area contributed by atoms with E-state index in [1.54, 1.807) is 7.05 Å². The van der Waals surface area contributed by atoms with Crippen LogP contribution in [0.5, 0.6) is 0 Å². The molecule has 7 heteroatoms. The first-order valence-electron chi connectivity index (χ1n) is 9.50. The van der Waals surface area contributed by atoms with Crippen LogP contribution in [0.15, 0.2) is 52.7 Å². The lowest BCUT2D eigenvalue weighted by Gasteiger charge is -2.31. The van der Waals surface area contributed by atoms with Crippen molar-refractivity contribution in [3.05, 3.63) is 53.9 Å². The van der Waals surface area contributed by atoms with Crippen molar-refractivity contribution in [3.8, 4) is 0 Å². The molecule has 148 valence electrons. The van der Waals surface area contributed by atoms with Crippen LogP contribution < -0.4 is 16.9 Å². The molecule has 2 heterocycles. The minimum absolute atomic E-state index is 0.0499. The number of nitrogens with one attached hydrogen (secondary N) is 1. The largest absolute Gasteiger partial charge is 0.397 e. The van der Waals surface area contributed by atoms with Gasteiger partial charge in [0, 0.05) is 32.0 Å². The second-order valence-electron chi connectivity index (χ2n) is 6.92. The Hall–Kier alpha value is -2.93. The number of hydrogen-bond acceptors (Lipinski definition) is 7. The maximum Gasteiger partial charge on any atom is 0.0873 e. The van der Waals surface area contributed by atoms with Gasteiger partial charge >= 0.3 is 0 Å². The number of nitrogens with zero attached hydrogens (tertiary/aromatic N) is 3. The summed E-state index contributed by atoms with van der Waals surface area (Å²) in [7, 11) is 1.73. The minimum atomic E-state index is 0.0499. The zero-order valence-electron chi connectivity index (χ0n) is 16.4. The van der Waals surface area contributed by atoms with Gasteiger partial charge in [0.15, 0.2) is 0 Å². The van der Waals surface area contributed by atoms with Crippen molar-refractivity contribution in [1.29, 1.82) is 0 Å². The smallest absolute Gasteiger partial charge is 0.0873 e. The van der Waals surface area contributed by atoms with Crippen molar-refractivity contribution >= 4 is 22.8 Å².